The third-order valence-electron chi connectivity index (χ3n) is 3.99. The van der Waals surface area contributed by atoms with Crippen molar-refractivity contribution in [3.05, 3.63) is 0 Å². The zero-order chi connectivity index (χ0) is 20.3. The van der Waals surface area contributed by atoms with E-state index in [2.05, 4.69) is 10.6 Å². The van der Waals surface area contributed by atoms with Gasteiger partial charge in [0.1, 0.15) is 11.8 Å². The zero-order valence-electron chi connectivity index (χ0n) is 16.0. The van der Waals surface area contributed by atoms with Crippen LogP contribution >= 0.6 is 0 Å². The number of nitrogens with one attached hydrogen (secondary N) is 2. The fourth-order valence-electron chi connectivity index (χ4n) is 2.37. The molecule has 0 saturated heterocycles. The van der Waals surface area contributed by atoms with Crippen LogP contribution in [0.4, 0.5) is 0 Å². The second-order valence-corrected chi connectivity index (χ2v) is 6.69. The van der Waals surface area contributed by atoms with Crippen molar-refractivity contribution in [3.8, 4) is 0 Å². The van der Waals surface area contributed by atoms with E-state index in [4.69, 9.17) is 5.11 Å². The highest BCUT2D eigenvalue weighted by atomic mass is 16.4. The number of rotatable bonds is 13. The van der Waals surface area contributed by atoms with Crippen LogP contribution in [0.3, 0.4) is 0 Å². The molecule has 0 saturated carbocycles. The van der Waals surface area contributed by atoms with Crippen molar-refractivity contribution < 1.29 is 29.1 Å². The first kappa shape index (κ1) is 23.8. The minimum absolute atomic E-state index is 0.115. The normalized spacial score (nSPS) is 14.0. The fourth-order valence-corrected chi connectivity index (χ4v) is 2.37. The van der Waals surface area contributed by atoms with Crippen molar-refractivity contribution in [2.24, 2.45) is 5.92 Å². The summed E-state index contributed by atoms with van der Waals surface area (Å²) in [6, 6.07) is -1.60. The summed E-state index contributed by atoms with van der Waals surface area (Å²) >= 11 is 0. The van der Waals surface area contributed by atoms with Crippen molar-refractivity contribution in [2.45, 2.75) is 78.3 Å². The van der Waals surface area contributed by atoms with Crippen LogP contribution in [0, 0.1) is 5.92 Å². The van der Waals surface area contributed by atoms with Gasteiger partial charge >= 0.3 is 5.97 Å². The van der Waals surface area contributed by atoms with Crippen LogP contribution in [0.5, 0.6) is 0 Å². The van der Waals surface area contributed by atoms with E-state index in [0.717, 1.165) is 12.8 Å². The molecule has 0 aromatic heterocycles. The number of ketones is 2. The van der Waals surface area contributed by atoms with Gasteiger partial charge in [-0.05, 0) is 26.7 Å². The van der Waals surface area contributed by atoms with Crippen molar-refractivity contribution in [3.63, 3.8) is 0 Å². The number of hydrogen-bond acceptors (Lipinski definition) is 5. The first-order valence-electron chi connectivity index (χ1n) is 8.87. The molecule has 0 unspecified atom stereocenters. The topological polar surface area (TPSA) is 130 Å². The van der Waals surface area contributed by atoms with Crippen LogP contribution in [0.15, 0.2) is 0 Å². The van der Waals surface area contributed by atoms with E-state index in [1.165, 1.54) is 27.7 Å². The number of carbonyl (C=O) groups excluding carboxylic acids is 4. The molecule has 0 heterocycles. The smallest absolute Gasteiger partial charge is 0.306 e. The quantitative estimate of drug-likeness (QED) is 0.418. The van der Waals surface area contributed by atoms with Crippen LogP contribution in [-0.2, 0) is 24.0 Å². The summed E-state index contributed by atoms with van der Waals surface area (Å²) in [5, 5.41) is 13.9. The predicted octanol–water partition coefficient (Wildman–Crippen LogP) is 1.22. The monoisotopic (exact) mass is 370 g/mol. The standard InChI is InChI=1S/C18H30N2O6/c1-11(18(25)26)10-16(23)13(3)19-17(24)15(20-14(4)22)9-7-5-6-8-12(2)21/h11,13,15H,5-10H2,1-4H3,(H,19,24)(H,20,22)(H,25,26)/t11-,13+,15-/m0/s1. The van der Waals surface area contributed by atoms with Crippen molar-refractivity contribution in [1.29, 1.82) is 0 Å². The average Bonchev–Trinajstić information content (AvgIpc) is 2.52. The Morgan fingerprint density at radius 3 is 2.04 bits per heavy atom. The molecule has 0 bridgehead atoms. The van der Waals surface area contributed by atoms with Gasteiger partial charge in [-0.3, -0.25) is 19.2 Å². The van der Waals surface area contributed by atoms with Crippen molar-refractivity contribution in [2.75, 3.05) is 0 Å². The second kappa shape index (κ2) is 12.2. The van der Waals surface area contributed by atoms with Crippen LogP contribution in [0.2, 0.25) is 0 Å². The molecule has 0 aromatic rings. The molecule has 8 heteroatoms. The molecule has 0 aliphatic rings. The molecule has 3 atom stereocenters. The largest absolute Gasteiger partial charge is 0.481 e. The van der Waals surface area contributed by atoms with E-state index >= 15 is 0 Å². The molecule has 0 rings (SSSR count). The number of Topliss-reactive ketones (excluding diaryl/α,β-unsaturated/α-hetero) is 2. The van der Waals surface area contributed by atoms with Gasteiger partial charge in [0.25, 0.3) is 0 Å². The Morgan fingerprint density at radius 2 is 1.54 bits per heavy atom. The minimum Gasteiger partial charge on any atom is -0.481 e. The summed E-state index contributed by atoms with van der Waals surface area (Å²) in [5.41, 5.74) is 0. The Bertz CT molecular complexity index is 532. The molecule has 0 aromatic carbocycles. The van der Waals surface area contributed by atoms with Crippen LogP contribution in [0.25, 0.3) is 0 Å². The molecule has 0 fully saturated rings. The van der Waals surface area contributed by atoms with Gasteiger partial charge in [-0.25, -0.2) is 0 Å². The number of carboxylic acids is 1. The third-order valence-corrected chi connectivity index (χ3v) is 3.99. The summed E-state index contributed by atoms with van der Waals surface area (Å²) in [6.45, 7) is 5.75. The highest BCUT2D eigenvalue weighted by molar-refractivity contribution is 5.93. The van der Waals surface area contributed by atoms with Gasteiger partial charge < -0.3 is 20.5 Å². The van der Waals surface area contributed by atoms with Gasteiger partial charge in [0, 0.05) is 19.8 Å². The first-order valence-corrected chi connectivity index (χ1v) is 8.87. The van der Waals surface area contributed by atoms with E-state index in [9.17, 15) is 24.0 Å². The van der Waals surface area contributed by atoms with Gasteiger partial charge in [-0.1, -0.05) is 19.8 Å². The summed E-state index contributed by atoms with van der Waals surface area (Å²) in [7, 11) is 0. The summed E-state index contributed by atoms with van der Waals surface area (Å²) in [5.74, 6) is -2.99. The van der Waals surface area contributed by atoms with Crippen LogP contribution < -0.4 is 10.6 Å². The van der Waals surface area contributed by atoms with Crippen LogP contribution in [0.1, 0.15) is 66.2 Å². The SMILES string of the molecule is CC(=O)CCCCC[C@H](NC(C)=O)C(=O)N[C@H](C)C(=O)C[C@H](C)C(=O)O. The maximum atomic E-state index is 12.3. The number of carbonyl (C=O) groups is 5. The molecule has 26 heavy (non-hydrogen) atoms. The molecule has 148 valence electrons. The zero-order valence-corrected chi connectivity index (χ0v) is 16.0. The van der Waals surface area contributed by atoms with Gasteiger partial charge in [-0.15, -0.1) is 0 Å². The Labute approximate surface area is 154 Å². The maximum Gasteiger partial charge on any atom is 0.306 e. The number of unbranched alkanes of at least 4 members (excludes halogenated alkanes) is 2. The molecule has 0 aliphatic carbocycles. The molecular weight excluding hydrogens is 340 g/mol. The molecular formula is C18H30N2O6. The lowest BCUT2D eigenvalue weighted by molar-refractivity contribution is -0.143. The molecule has 0 aliphatic heterocycles. The fraction of sp³-hybridized carbons (Fsp3) is 0.722. The minimum atomic E-state index is -1.07. The Kier molecular flexibility index (Phi) is 11.1. The first-order chi connectivity index (χ1) is 12.0. The third kappa shape index (κ3) is 10.6. The molecule has 0 spiro atoms. The van der Waals surface area contributed by atoms with Gasteiger partial charge in [0.2, 0.25) is 11.8 Å². The number of carboxylic acid groups (broad SMARTS) is 1. The maximum absolute atomic E-state index is 12.3. The number of aliphatic carboxylic acids is 1. The Balaban J connectivity index is 4.56. The molecule has 0 radical (unpaired) electrons. The lowest BCUT2D eigenvalue weighted by Gasteiger charge is -2.21. The lowest BCUT2D eigenvalue weighted by Crippen LogP contribution is -2.50. The van der Waals surface area contributed by atoms with Crippen molar-refractivity contribution >= 4 is 29.4 Å². The highest BCUT2D eigenvalue weighted by Gasteiger charge is 2.25. The number of amides is 2. The Hall–Kier alpha value is -2.25. The molecule has 3 N–H and O–H groups in total. The van der Waals surface area contributed by atoms with Gasteiger partial charge in [0.05, 0.1) is 12.0 Å². The van der Waals surface area contributed by atoms with Crippen molar-refractivity contribution in [1.82, 2.24) is 10.6 Å². The molecule has 2 amide bonds. The molecule has 8 nitrogen and oxygen atoms in total. The van der Waals surface area contributed by atoms with E-state index in [1.807, 2.05) is 0 Å². The highest BCUT2D eigenvalue weighted by Crippen LogP contribution is 2.08. The predicted molar refractivity (Wildman–Crippen MR) is 95.4 cm³/mol. The van der Waals surface area contributed by atoms with E-state index in [1.54, 1.807) is 0 Å². The number of hydrogen-bond donors (Lipinski definition) is 3. The second-order valence-electron chi connectivity index (χ2n) is 6.69. The van der Waals surface area contributed by atoms with Crippen LogP contribution in [-0.4, -0.2) is 46.5 Å². The lowest BCUT2D eigenvalue weighted by atomic mass is 10.0. The van der Waals surface area contributed by atoms with E-state index in [0.29, 0.717) is 19.3 Å². The summed E-state index contributed by atoms with van der Waals surface area (Å²) in [6.07, 6.45) is 2.86. The average molecular weight is 370 g/mol. The van der Waals surface area contributed by atoms with Gasteiger partial charge in [-0.2, -0.15) is 0 Å². The van der Waals surface area contributed by atoms with E-state index < -0.39 is 29.9 Å². The summed E-state index contributed by atoms with van der Waals surface area (Å²) < 4.78 is 0. The Morgan fingerprint density at radius 1 is 0.923 bits per heavy atom. The van der Waals surface area contributed by atoms with E-state index in [-0.39, 0.29) is 23.9 Å². The summed E-state index contributed by atoms with van der Waals surface area (Å²) in [4.78, 5) is 57.4. The van der Waals surface area contributed by atoms with Gasteiger partial charge in [0.15, 0.2) is 5.78 Å².